The molecule has 3 fully saturated rings. The van der Waals surface area contributed by atoms with E-state index >= 15 is 0 Å². The Morgan fingerprint density at radius 3 is 2.81 bits per heavy atom. The van der Waals surface area contributed by atoms with Gasteiger partial charge >= 0.3 is 0 Å². The minimum absolute atomic E-state index is 0.741. The standard InChI is InChI=1S/C18H28N2S/c1-2-6-18-14(4-1)7-8-15(19-18)12-20(16-9-10-16)13-17-5-3-11-21-17/h3,5,11,14-16,18-19H,1-2,4,6-10,12-13H2. The Morgan fingerprint density at radius 2 is 2.00 bits per heavy atom. The van der Waals surface area contributed by atoms with Gasteiger partial charge in [0, 0.05) is 36.1 Å². The molecule has 116 valence electrons. The van der Waals surface area contributed by atoms with Gasteiger partial charge in [0.2, 0.25) is 0 Å². The molecule has 0 radical (unpaired) electrons. The van der Waals surface area contributed by atoms with Crippen LogP contribution in [0.1, 0.15) is 56.2 Å². The first-order valence-electron chi connectivity index (χ1n) is 8.91. The third-order valence-electron chi connectivity index (χ3n) is 5.70. The Kier molecular flexibility index (Phi) is 4.33. The molecule has 4 rings (SSSR count). The molecule has 0 amide bonds. The summed E-state index contributed by atoms with van der Waals surface area (Å²) in [5.41, 5.74) is 0. The fourth-order valence-corrected chi connectivity index (χ4v) is 5.12. The predicted molar refractivity (Wildman–Crippen MR) is 89.7 cm³/mol. The second-order valence-electron chi connectivity index (χ2n) is 7.33. The maximum absolute atomic E-state index is 4.01. The number of piperidine rings is 1. The molecule has 1 aromatic rings. The molecule has 1 saturated heterocycles. The van der Waals surface area contributed by atoms with Gasteiger partial charge < -0.3 is 5.32 Å². The molecule has 0 aromatic carbocycles. The molecule has 2 nitrogen and oxygen atoms in total. The summed E-state index contributed by atoms with van der Waals surface area (Å²) in [5, 5.41) is 6.22. The molecule has 3 unspecified atom stereocenters. The van der Waals surface area contributed by atoms with Crippen molar-refractivity contribution in [1.82, 2.24) is 10.2 Å². The van der Waals surface area contributed by atoms with Gasteiger partial charge in [-0.05, 0) is 55.9 Å². The molecule has 2 aliphatic carbocycles. The van der Waals surface area contributed by atoms with Crippen molar-refractivity contribution < 1.29 is 0 Å². The fourth-order valence-electron chi connectivity index (χ4n) is 4.39. The van der Waals surface area contributed by atoms with Gasteiger partial charge in [-0.15, -0.1) is 11.3 Å². The summed E-state index contributed by atoms with van der Waals surface area (Å²) in [6, 6.07) is 6.94. The van der Waals surface area contributed by atoms with Crippen LogP contribution in [0.4, 0.5) is 0 Å². The molecular formula is C18H28N2S. The van der Waals surface area contributed by atoms with Gasteiger partial charge in [0.25, 0.3) is 0 Å². The summed E-state index contributed by atoms with van der Waals surface area (Å²) in [5.74, 6) is 0.988. The lowest BCUT2D eigenvalue weighted by Crippen LogP contribution is -2.53. The van der Waals surface area contributed by atoms with E-state index in [9.17, 15) is 0 Å². The maximum Gasteiger partial charge on any atom is 0.0331 e. The van der Waals surface area contributed by atoms with Crippen LogP contribution in [0.5, 0.6) is 0 Å². The van der Waals surface area contributed by atoms with Crippen molar-refractivity contribution in [2.75, 3.05) is 6.54 Å². The van der Waals surface area contributed by atoms with Crippen molar-refractivity contribution in [2.45, 2.75) is 76.0 Å². The van der Waals surface area contributed by atoms with E-state index in [1.54, 1.807) is 0 Å². The van der Waals surface area contributed by atoms with Gasteiger partial charge in [-0.25, -0.2) is 0 Å². The van der Waals surface area contributed by atoms with E-state index in [0.29, 0.717) is 0 Å². The van der Waals surface area contributed by atoms with Gasteiger partial charge in [0.1, 0.15) is 0 Å². The number of nitrogens with one attached hydrogen (secondary N) is 1. The van der Waals surface area contributed by atoms with Crippen LogP contribution in [0, 0.1) is 5.92 Å². The van der Waals surface area contributed by atoms with E-state index in [0.717, 1.165) is 24.0 Å². The number of rotatable bonds is 5. The number of thiophene rings is 1. The zero-order valence-electron chi connectivity index (χ0n) is 13.0. The zero-order valence-corrected chi connectivity index (χ0v) is 13.8. The maximum atomic E-state index is 4.01. The van der Waals surface area contributed by atoms with Crippen molar-refractivity contribution in [3.05, 3.63) is 22.4 Å². The van der Waals surface area contributed by atoms with Crippen LogP contribution in [0.2, 0.25) is 0 Å². The quantitative estimate of drug-likeness (QED) is 0.884. The lowest BCUT2D eigenvalue weighted by molar-refractivity contribution is 0.138. The fraction of sp³-hybridized carbons (Fsp3) is 0.778. The van der Waals surface area contributed by atoms with Crippen LogP contribution in [0.3, 0.4) is 0 Å². The third kappa shape index (κ3) is 3.52. The Balaban J connectivity index is 1.35. The molecule has 3 aliphatic rings. The monoisotopic (exact) mass is 304 g/mol. The average Bonchev–Trinajstić information content (AvgIpc) is 3.24. The average molecular weight is 305 g/mol. The smallest absolute Gasteiger partial charge is 0.0331 e. The van der Waals surface area contributed by atoms with Crippen molar-refractivity contribution in [3.63, 3.8) is 0 Å². The molecule has 1 aromatic heterocycles. The number of fused-ring (bicyclic) bond motifs is 1. The highest BCUT2D eigenvalue weighted by atomic mass is 32.1. The Morgan fingerprint density at radius 1 is 1.10 bits per heavy atom. The summed E-state index contributed by atoms with van der Waals surface area (Å²) < 4.78 is 0. The minimum atomic E-state index is 0.741. The molecule has 0 spiro atoms. The Labute approximate surface area is 132 Å². The van der Waals surface area contributed by atoms with E-state index in [-0.39, 0.29) is 0 Å². The SMILES string of the molecule is c1csc(CN(CC2CCC3CCCCC3N2)C2CC2)c1. The highest BCUT2D eigenvalue weighted by molar-refractivity contribution is 7.09. The van der Waals surface area contributed by atoms with Crippen molar-refractivity contribution >= 4 is 11.3 Å². The molecule has 1 aliphatic heterocycles. The van der Waals surface area contributed by atoms with Gasteiger partial charge in [-0.2, -0.15) is 0 Å². The normalized spacial score (nSPS) is 33.1. The second kappa shape index (κ2) is 6.39. The molecule has 3 heteroatoms. The first-order valence-corrected chi connectivity index (χ1v) is 9.79. The van der Waals surface area contributed by atoms with Crippen molar-refractivity contribution in [3.8, 4) is 0 Å². The topological polar surface area (TPSA) is 15.3 Å². The molecule has 21 heavy (non-hydrogen) atoms. The van der Waals surface area contributed by atoms with Crippen molar-refractivity contribution in [2.24, 2.45) is 5.92 Å². The van der Waals surface area contributed by atoms with Gasteiger partial charge in [0.15, 0.2) is 0 Å². The highest BCUT2D eigenvalue weighted by Gasteiger charge is 2.35. The highest BCUT2D eigenvalue weighted by Crippen LogP contribution is 2.34. The summed E-state index contributed by atoms with van der Waals surface area (Å²) in [4.78, 5) is 4.29. The van der Waals surface area contributed by atoms with Crippen LogP contribution in [-0.2, 0) is 6.54 Å². The van der Waals surface area contributed by atoms with E-state index in [1.807, 2.05) is 11.3 Å². The largest absolute Gasteiger partial charge is 0.310 e. The molecule has 0 bridgehead atoms. The second-order valence-corrected chi connectivity index (χ2v) is 8.36. The van der Waals surface area contributed by atoms with E-state index in [1.165, 1.54) is 69.3 Å². The summed E-state index contributed by atoms with van der Waals surface area (Å²) in [6.07, 6.45) is 11.5. The van der Waals surface area contributed by atoms with Crippen LogP contribution < -0.4 is 5.32 Å². The van der Waals surface area contributed by atoms with E-state index in [2.05, 4.69) is 27.7 Å². The molecule has 1 N–H and O–H groups in total. The molecule has 2 heterocycles. The van der Waals surface area contributed by atoms with Gasteiger partial charge in [0.05, 0.1) is 0 Å². The van der Waals surface area contributed by atoms with Crippen LogP contribution >= 0.6 is 11.3 Å². The molecule has 3 atom stereocenters. The van der Waals surface area contributed by atoms with Crippen LogP contribution in [-0.4, -0.2) is 29.6 Å². The van der Waals surface area contributed by atoms with Gasteiger partial charge in [-0.1, -0.05) is 18.9 Å². The zero-order chi connectivity index (χ0) is 14.1. The summed E-state index contributed by atoms with van der Waals surface area (Å²) in [6.45, 7) is 2.44. The Hall–Kier alpha value is -0.380. The predicted octanol–water partition coefficient (Wildman–Crippen LogP) is 4.02. The van der Waals surface area contributed by atoms with E-state index in [4.69, 9.17) is 0 Å². The van der Waals surface area contributed by atoms with E-state index < -0.39 is 0 Å². The third-order valence-corrected chi connectivity index (χ3v) is 6.56. The Bertz CT molecular complexity index is 440. The number of nitrogens with zero attached hydrogens (tertiary/aromatic N) is 1. The number of hydrogen-bond donors (Lipinski definition) is 1. The molecular weight excluding hydrogens is 276 g/mol. The number of hydrogen-bond acceptors (Lipinski definition) is 3. The lowest BCUT2D eigenvalue weighted by atomic mass is 9.77. The summed E-state index contributed by atoms with van der Waals surface area (Å²) in [7, 11) is 0. The van der Waals surface area contributed by atoms with Crippen molar-refractivity contribution in [1.29, 1.82) is 0 Å². The van der Waals surface area contributed by atoms with Crippen LogP contribution in [0.15, 0.2) is 17.5 Å². The van der Waals surface area contributed by atoms with Gasteiger partial charge in [-0.3, -0.25) is 4.90 Å². The summed E-state index contributed by atoms with van der Waals surface area (Å²) >= 11 is 1.91. The molecule has 2 saturated carbocycles. The first kappa shape index (κ1) is 14.2. The minimum Gasteiger partial charge on any atom is -0.310 e. The first-order chi connectivity index (χ1) is 10.4. The lowest BCUT2D eigenvalue weighted by Gasteiger charge is -2.42. The van der Waals surface area contributed by atoms with Crippen LogP contribution in [0.25, 0.3) is 0 Å².